The molecule has 0 aromatic heterocycles. The van der Waals surface area contributed by atoms with E-state index in [9.17, 15) is 12.7 Å². The van der Waals surface area contributed by atoms with Gasteiger partial charge in [0.15, 0.2) is 0 Å². The van der Waals surface area contributed by atoms with Crippen LogP contribution in [-0.2, 0) is 12.6 Å². The van der Waals surface area contributed by atoms with Crippen molar-refractivity contribution in [2.24, 2.45) is 0 Å². The second-order valence-corrected chi connectivity index (χ2v) is 18.9. The van der Waals surface area contributed by atoms with Crippen molar-refractivity contribution in [1.29, 1.82) is 0 Å². The molecular weight excluding hydrogens is 679 g/mol. The summed E-state index contributed by atoms with van der Waals surface area (Å²) in [6.07, 6.45) is 29.6. The molecule has 0 fully saturated rings. The van der Waals surface area contributed by atoms with Crippen LogP contribution >= 0.6 is 0 Å². The van der Waals surface area contributed by atoms with E-state index in [1.54, 1.807) is 24.3 Å². The number of carbonyl (C=O) groups excluding carboxylic acids is 2. The average Bonchev–Trinajstić information content (AvgIpc) is 3.07. The molecule has 0 amide bonds. The number of carbonyl (C=O) groups is 2. The number of rotatable bonds is 30. The third-order valence-corrected chi connectivity index (χ3v) is 13.6. The van der Waals surface area contributed by atoms with Crippen LogP contribution in [0.15, 0.2) is 24.3 Å². The Morgan fingerprint density at radius 2 is 0.739 bits per heavy atom. The molecule has 1 aromatic carbocycles. The molecule has 6 heteroatoms. The van der Waals surface area contributed by atoms with Crippen LogP contribution < -0.4 is 0 Å². The molecule has 266 valence electrons. The van der Waals surface area contributed by atoms with E-state index >= 15 is 0 Å². The fourth-order valence-electron chi connectivity index (χ4n) is 5.42. The van der Waals surface area contributed by atoms with Gasteiger partial charge in [-0.2, -0.15) is 0 Å². The van der Waals surface area contributed by atoms with Gasteiger partial charge in [-0.3, -0.25) is 0 Å². The zero-order valence-electron chi connectivity index (χ0n) is 30.6. The quantitative estimate of drug-likeness (QED) is 0.0445. The van der Waals surface area contributed by atoms with Gasteiger partial charge in [-0.15, -0.1) is 0 Å². The van der Waals surface area contributed by atoms with E-state index in [4.69, 9.17) is 9.47 Å². The van der Waals surface area contributed by atoms with Crippen molar-refractivity contribution in [3.8, 4) is 0 Å². The molecule has 0 aliphatic rings. The Balaban J connectivity index is 0.000000973. The summed E-state index contributed by atoms with van der Waals surface area (Å²) in [5.74, 6) is -0.888. The minimum absolute atomic E-state index is 0.293. The zero-order chi connectivity index (χ0) is 33.9. The molecule has 0 saturated carbocycles. The van der Waals surface area contributed by atoms with E-state index in [0.29, 0.717) is 24.3 Å². The van der Waals surface area contributed by atoms with Crippen LogP contribution in [0.1, 0.15) is 203 Å². The van der Waals surface area contributed by atoms with Gasteiger partial charge in [0, 0.05) is 0 Å². The van der Waals surface area contributed by atoms with Gasteiger partial charge in [-0.05, 0) is 25.0 Å². The number of hydrogen-bond acceptors (Lipinski definition) is 5. The van der Waals surface area contributed by atoms with Gasteiger partial charge in [0.2, 0.25) is 0 Å². The van der Waals surface area contributed by atoms with E-state index in [0.717, 1.165) is 34.6 Å². The third-order valence-electron chi connectivity index (χ3n) is 8.45. The number of ether oxygens (including phenoxy) is 2. The Bertz CT molecular complexity index is 789. The van der Waals surface area contributed by atoms with Gasteiger partial charge in [0.25, 0.3) is 0 Å². The van der Waals surface area contributed by atoms with Crippen LogP contribution in [0, 0.1) is 0 Å². The predicted molar refractivity (Wildman–Crippen MR) is 197 cm³/mol. The minimum atomic E-state index is -2.11. The first kappa shape index (κ1) is 44.8. The molecule has 0 radical (unpaired) electrons. The van der Waals surface area contributed by atoms with Crippen LogP contribution in [-0.4, -0.2) is 44.9 Å². The molecule has 0 bridgehead atoms. The summed E-state index contributed by atoms with van der Waals surface area (Å²) in [6, 6.07) is 6.74. The maximum atomic E-state index is 12.4. The average molecular weight is 752 g/mol. The number of hydrogen-bond donors (Lipinski definition) is 0. The summed E-state index contributed by atoms with van der Waals surface area (Å²) in [6.45, 7) is 9.68. The van der Waals surface area contributed by atoms with Crippen LogP contribution in [0.3, 0.4) is 0 Å². The summed E-state index contributed by atoms with van der Waals surface area (Å²) >= 11 is -2.11. The standard InChI is InChI=1S/C24H38O4.2C8H17.O.Sn/c1-3-5-7-9-11-15-19-27-23(25)21-17-13-14-18-22(21)24(26)28-20-16-12-10-8-6-4-2;2*1-3-5-7-8-6-4-2;;/h13-14,17-18H,3-12,15-16,19-20H2,1-2H3;2*1,3-8H2,2H3;;. The number of unbranched alkanes of at least 4 members (excludes halogenated alkanes) is 20. The first-order valence-corrected chi connectivity index (χ1v) is 24.7. The number of esters is 2. The van der Waals surface area contributed by atoms with Crippen molar-refractivity contribution in [2.45, 2.75) is 191 Å². The molecular formula is C40H72O5Sn. The second-order valence-electron chi connectivity index (χ2n) is 12.9. The molecule has 0 unspecified atom stereocenters. The molecule has 5 nitrogen and oxygen atoms in total. The van der Waals surface area contributed by atoms with Crippen LogP contribution in [0.5, 0.6) is 0 Å². The summed E-state index contributed by atoms with van der Waals surface area (Å²) in [7, 11) is 0. The van der Waals surface area contributed by atoms with Crippen molar-refractivity contribution in [3.05, 3.63) is 35.4 Å². The molecule has 0 aliphatic heterocycles. The van der Waals surface area contributed by atoms with Crippen molar-refractivity contribution in [1.82, 2.24) is 0 Å². The molecule has 46 heavy (non-hydrogen) atoms. The van der Waals surface area contributed by atoms with Gasteiger partial charge in [0.05, 0.1) is 24.3 Å². The molecule has 0 heterocycles. The number of benzene rings is 1. The van der Waals surface area contributed by atoms with Crippen molar-refractivity contribution in [3.63, 3.8) is 0 Å². The molecule has 0 atom stereocenters. The maximum absolute atomic E-state index is 12.4. The summed E-state index contributed by atoms with van der Waals surface area (Å²) in [5, 5.41) is 0. The van der Waals surface area contributed by atoms with E-state index in [-0.39, 0.29) is 0 Å². The SMILES string of the molecule is CCCCCCCCOC(=O)c1ccccc1C(=O)OCCCCCCCC.CCCCCCC[CH2][Sn](=[O])[CH2]CCCCCCC. The van der Waals surface area contributed by atoms with Crippen molar-refractivity contribution < 1.29 is 22.1 Å². The Labute approximate surface area is 291 Å². The van der Waals surface area contributed by atoms with E-state index in [2.05, 4.69) is 27.7 Å². The molecule has 1 aromatic rings. The Hall–Kier alpha value is -1.24. The molecule has 0 spiro atoms. The first-order chi connectivity index (χ1) is 22.5. The van der Waals surface area contributed by atoms with Crippen molar-refractivity contribution >= 4 is 31.7 Å². The topological polar surface area (TPSA) is 69.7 Å². The third kappa shape index (κ3) is 27.8. The zero-order valence-corrected chi connectivity index (χ0v) is 33.5. The van der Waals surface area contributed by atoms with Crippen molar-refractivity contribution in [2.75, 3.05) is 13.2 Å². The summed E-state index contributed by atoms with van der Waals surface area (Å²) < 4.78 is 24.8. The normalized spacial score (nSPS) is 10.7. The molecule has 1 rings (SSSR count). The predicted octanol–water partition coefficient (Wildman–Crippen LogP) is 12.9. The molecule has 0 aliphatic carbocycles. The Kier molecular flexibility index (Phi) is 34.1. The molecule has 0 N–H and O–H groups in total. The first-order valence-electron chi connectivity index (χ1n) is 19.5. The van der Waals surface area contributed by atoms with E-state index < -0.39 is 31.7 Å². The Morgan fingerprint density at radius 3 is 1.07 bits per heavy atom. The van der Waals surface area contributed by atoms with Gasteiger partial charge in [0.1, 0.15) is 0 Å². The van der Waals surface area contributed by atoms with Gasteiger partial charge in [-0.1, -0.05) is 90.2 Å². The Morgan fingerprint density at radius 1 is 0.457 bits per heavy atom. The summed E-state index contributed by atoms with van der Waals surface area (Å²) in [5.41, 5.74) is 0.586. The van der Waals surface area contributed by atoms with Crippen LogP contribution in [0.2, 0.25) is 8.87 Å². The second kappa shape index (κ2) is 35.1. The summed E-state index contributed by atoms with van der Waals surface area (Å²) in [4.78, 5) is 24.7. The monoisotopic (exact) mass is 752 g/mol. The molecule has 0 saturated heterocycles. The van der Waals surface area contributed by atoms with Crippen LogP contribution in [0.4, 0.5) is 0 Å². The van der Waals surface area contributed by atoms with E-state index in [1.165, 1.54) is 128 Å². The van der Waals surface area contributed by atoms with Gasteiger partial charge in [-0.25, -0.2) is 9.59 Å². The van der Waals surface area contributed by atoms with Crippen LogP contribution in [0.25, 0.3) is 0 Å². The van der Waals surface area contributed by atoms with Gasteiger partial charge >= 0.3 is 135 Å². The fourth-order valence-corrected chi connectivity index (χ4v) is 9.81. The van der Waals surface area contributed by atoms with E-state index in [1.807, 2.05) is 0 Å². The van der Waals surface area contributed by atoms with Gasteiger partial charge < -0.3 is 9.47 Å². The fraction of sp³-hybridized carbons (Fsp3) is 0.800.